The number of fused-ring (bicyclic) bond motifs is 1. The number of hydrogen-bond acceptors (Lipinski definition) is 4. The summed E-state index contributed by atoms with van der Waals surface area (Å²) in [6, 6.07) is 9.92. The Morgan fingerprint density at radius 3 is 2.74 bits per heavy atom. The minimum atomic E-state index is 0.0183. The zero-order valence-corrected chi connectivity index (χ0v) is 17.0. The van der Waals surface area contributed by atoms with E-state index in [1.165, 1.54) is 15.0 Å². The molecular weight excluding hydrogens is 378 g/mol. The van der Waals surface area contributed by atoms with Gasteiger partial charge in [0.1, 0.15) is 5.82 Å². The largest absolute Gasteiger partial charge is 0.356 e. The smallest absolute Gasteiger partial charge is 0.227 e. The number of carbonyl (C=O) groups is 1. The van der Waals surface area contributed by atoms with Crippen molar-refractivity contribution < 1.29 is 4.79 Å². The molecule has 3 heterocycles. The molecule has 6 heteroatoms. The molecule has 0 bridgehead atoms. The predicted molar refractivity (Wildman–Crippen MR) is 114 cm³/mol. The quantitative estimate of drug-likeness (QED) is 0.639. The second kappa shape index (κ2) is 7.49. The Morgan fingerprint density at radius 2 is 2.00 bits per heavy atom. The molecule has 27 heavy (non-hydrogen) atoms. The number of nitrogens with zero attached hydrogens (tertiary/aromatic N) is 2. The van der Waals surface area contributed by atoms with Crippen LogP contribution in [-0.4, -0.2) is 24.0 Å². The summed E-state index contributed by atoms with van der Waals surface area (Å²) in [5.41, 5.74) is 1.77. The second-order valence-corrected chi connectivity index (χ2v) is 8.81. The van der Waals surface area contributed by atoms with E-state index in [0.29, 0.717) is 5.02 Å². The van der Waals surface area contributed by atoms with E-state index in [0.717, 1.165) is 43.0 Å². The summed E-state index contributed by atoms with van der Waals surface area (Å²) < 4.78 is 1.27. The molecule has 0 unspecified atom stereocenters. The van der Waals surface area contributed by atoms with Crippen molar-refractivity contribution >= 4 is 50.4 Å². The number of aryl methyl sites for hydroxylation is 2. The van der Waals surface area contributed by atoms with Gasteiger partial charge in [0.15, 0.2) is 0 Å². The van der Waals surface area contributed by atoms with Gasteiger partial charge >= 0.3 is 0 Å². The Bertz CT molecular complexity index is 992. The van der Waals surface area contributed by atoms with E-state index in [4.69, 9.17) is 11.6 Å². The number of benzene rings is 1. The van der Waals surface area contributed by atoms with Crippen molar-refractivity contribution in [2.24, 2.45) is 5.92 Å². The number of pyridine rings is 1. The number of hydrogen-bond donors (Lipinski definition) is 1. The van der Waals surface area contributed by atoms with Crippen LogP contribution in [0.2, 0.25) is 5.02 Å². The van der Waals surface area contributed by atoms with Gasteiger partial charge in [0, 0.05) is 50.9 Å². The van der Waals surface area contributed by atoms with Gasteiger partial charge in [-0.3, -0.25) is 4.79 Å². The van der Waals surface area contributed by atoms with E-state index >= 15 is 0 Å². The monoisotopic (exact) mass is 399 g/mol. The Morgan fingerprint density at radius 1 is 1.22 bits per heavy atom. The molecule has 3 aromatic rings. The summed E-state index contributed by atoms with van der Waals surface area (Å²) in [7, 11) is 0. The van der Waals surface area contributed by atoms with Crippen molar-refractivity contribution in [2.45, 2.75) is 26.7 Å². The van der Waals surface area contributed by atoms with Crippen LogP contribution in [0.1, 0.15) is 23.3 Å². The fraction of sp³-hybridized carbons (Fsp3) is 0.333. The zero-order chi connectivity index (χ0) is 19.0. The van der Waals surface area contributed by atoms with E-state index in [-0.39, 0.29) is 11.8 Å². The van der Waals surface area contributed by atoms with E-state index in [1.54, 1.807) is 11.3 Å². The van der Waals surface area contributed by atoms with E-state index in [9.17, 15) is 4.79 Å². The highest BCUT2D eigenvalue weighted by atomic mass is 35.5. The summed E-state index contributed by atoms with van der Waals surface area (Å²) in [5, 5.41) is 4.90. The van der Waals surface area contributed by atoms with Crippen LogP contribution in [0.5, 0.6) is 0 Å². The lowest BCUT2D eigenvalue weighted by molar-refractivity contribution is -0.120. The third kappa shape index (κ3) is 3.80. The van der Waals surface area contributed by atoms with Gasteiger partial charge in [0.25, 0.3) is 0 Å². The first kappa shape index (κ1) is 18.3. The Kier molecular flexibility index (Phi) is 5.06. The normalized spacial score (nSPS) is 15.3. The zero-order valence-electron chi connectivity index (χ0n) is 15.5. The molecule has 0 spiro atoms. The highest BCUT2D eigenvalue weighted by Gasteiger charge is 2.26. The fourth-order valence-electron chi connectivity index (χ4n) is 3.60. The second-order valence-electron chi connectivity index (χ2n) is 7.12. The van der Waals surface area contributed by atoms with Gasteiger partial charge < -0.3 is 10.2 Å². The van der Waals surface area contributed by atoms with Gasteiger partial charge in [-0.1, -0.05) is 17.7 Å². The average Bonchev–Trinajstić information content (AvgIpc) is 3.05. The van der Waals surface area contributed by atoms with Gasteiger partial charge in [-0.15, -0.1) is 11.3 Å². The number of anilines is 2. The molecule has 1 N–H and O–H groups in total. The van der Waals surface area contributed by atoms with Crippen molar-refractivity contribution in [3.05, 3.63) is 52.0 Å². The number of rotatable bonds is 3. The molecule has 1 fully saturated rings. The fourth-order valence-corrected chi connectivity index (χ4v) is 4.69. The highest BCUT2D eigenvalue weighted by molar-refractivity contribution is 7.19. The molecular formula is C21H22ClN3OS. The lowest BCUT2D eigenvalue weighted by atomic mass is 9.95. The first-order chi connectivity index (χ1) is 13.0. The highest BCUT2D eigenvalue weighted by Crippen LogP contribution is 2.33. The lowest BCUT2D eigenvalue weighted by Crippen LogP contribution is -2.38. The number of halogens is 1. The minimum absolute atomic E-state index is 0.0183. The van der Waals surface area contributed by atoms with Crippen LogP contribution in [0.3, 0.4) is 0 Å². The Hall–Kier alpha value is -2.11. The number of thiophene rings is 1. The minimum Gasteiger partial charge on any atom is -0.356 e. The van der Waals surface area contributed by atoms with Crippen LogP contribution in [0, 0.1) is 19.8 Å². The topological polar surface area (TPSA) is 45.2 Å². The molecule has 1 saturated heterocycles. The van der Waals surface area contributed by atoms with Crippen molar-refractivity contribution in [1.82, 2.24) is 4.98 Å². The summed E-state index contributed by atoms with van der Waals surface area (Å²) in [6.45, 7) is 5.76. The third-order valence-corrected chi connectivity index (χ3v) is 6.58. The van der Waals surface area contributed by atoms with Crippen LogP contribution in [0.4, 0.5) is 11.5 Å². The summed E-state index contributed by atoms with van der Waals surface area (Å²) in [4.78, 5) is 20.9. The molecule has 4 nitrogen and oxygen atoms in total. The number of piperidine rings is 1. The van der Waals surface area contributed by atoms with E-state index in [2.05, 4.69) is 34.3 Å². The molecule has 0 atom stereocenters. The molecule has 1 aromatic carbocycles. The van der Waals surface area contributed by atoms with E-state index in [1.807, 2.05) is 31.3 Å². The summed E-state index contributed by atoms with van der Waals surface area (Å²) in [6.07, 6.45) is 3.53. The molecule has 0 radical (unpaired) electrons. The maximum atomic E-state index is 12.6. The van der Waals surface area contributed by atoms with Crippen LogP contribution in [0.25, 0.3) is 10.1 Å². The molecule has 2 aromatic heterocycles. The molecule has 1 aliphatic heterocycles. The maximum absolute atomic E-state index is 12.6. The number of nitrogens with one attached hydrogen (secondary N) is 1. The van der Waals surface area contributed by atoms with Crippen molar-refractivity contribution in [3.63, 3.8) is 0 Å². The molecule has 4 rings (SSSR count). The SMILES string of the molecule is Cc1cc2c(N3CCC(C(=O)Nc4ccc(C)c(Cl)c4)CC3)nccc2s1. The van der Waals surface area contributed by atoms with Crippen LogP contribution < -0.4 is 10.2 Å². The van der Waals surface area contributed by atoms with Crippen molar-refractivity contribution in [2.75, 3.05) is 23.3 Å². The Labute approximate surface area is 168 Å². The van der Waals surface area contributed by atoms with Crippen LogP contribution in [-0.2, 0) is 4.79 Å². The summed E-state index contributed by atoms with van der Waals surface area (Å²) in [5.74, 6) is 1.14. The average molecular weight is 400 g/mol. The summed E-state index contributed by atoms with van der Waals surface area (Å²) >= 11 is 7.95. The van der Waals surface area contributed by atoms with Gasteiger partial charge in [-0.25, -0.2) is 4.98 Å². The van der Waals surface area contributed by atoms with Gasteiger partial charge in [-0.05, 0) is 56.5 Å². The molecule has 0 aliphatic carbocycles. The number of amides is 1. The molecule has 1 aliphatic rings. The first-order valence-corrected chi connectivity index (χ1v) is 10.4. The Balaban J connectivity index is 1.42. The lowest BCUT2D eigenvalue weighted by Gasteiger charge is -2.32. The van der Waals surface area contributed by atoms with E-state index < -0.39 is 0 Å². The van der Waals surface area contributed by atoms with Gasteiger partial charge in [0.05, 0.1) is 0 Å². The van der Waals surface area contributed by atoms with Crippen molar-refractivity contribution in [3.8, 4) is 0 Å². The number of aromatic nitrogens is 1. The number of carbonyl (C=O) groups excluding carboxylic acids is 1. The van der Waals surface area contributed by atoms with Gasteiger partial charge in [0.2, 0.25) is 5.91 Å². The molecule has 0 saturated carbocycles. The standard InChI is InChI=1S/C21H22ClN3OS/c1-13-3-4-16(12-18(13)22)24-21(26)15-6-9-25(10-7-15)20-17-11-14(2)27-19(17)5-8-23-20/h3-5,8,11-12,15H,6-7,9-10H2,1-2H3,(H,24,26). The van der Waals surface area contributed by atoms with Crippen molar-refractivity contribution in [1.29, 1.82) is 0 Å². The van der Waals surface area contributed by atoms with Crippen LogP contribution in [0.15, 0.2) is 36.5 Å². The van der Waals surface area contributed by atoms with Gasteiger partial charge in [-0.2, -0.15) is 0 Å². The predicted octanol–water partition coefficient (Wildman–Crippen LogP) is 5.42. The molecule has 1 amide bonds. The first-order valence-electron chi connectivity index (χ1n) is 9.18. The molecule has 140 valence electrons. The van der Waals surface area contributed by atoms with Crippen LogP contribution >= 0.6 is 22.9 Å². The maximum Gasteiger partial charge on any atom is 0.227 e. The third-order valence-electron chi connectivity index (χ3n) is 5.15.